The van der Waals surface area contributed by atoms with Crippen LogP contribution in [0.1, 0.15) is 25.6 Å². The van der Waals surface area contributed by atoms with Crippen molar-refractivity contribution in [2.75, 3.05) is 7.05 Å². The van der Waals surface area contributed by atoms with Crippen molar-refractivity contribution >= 4 is 29.9 Å². The predicted molar refractivity (Wildman–Crippen MR) is 72.9 cm³/mol. The highest BCUT2D eigenvalue weighted by Gasteiger charge is 2.04. The van der Waals surface area contributed by atoms with E-state index in [2.05, 4.69) is 25.8 Å². The third kappa shape index (κ3) is 5.29. The molecule has 0 atom stereocenters. The first-order valence-electron chi connectivity index (χ1n) is 4.88. The third-order valence-electron chi connectivity index (χ3n) is 1.63. The maximum atomic E-state index is 4.96. The smallest absolute Gasteiger partial charge is 0.246 e. The van der Waals surface area contributed by atoms with Crippen molar-refractivity contribution in [3.05, 3.63) is 11.7 Å². The lowest BCUT2D eigenvalue weighted by Gasteiger charge is -2.12. The molecule has 0 aliphatic rings. The van der Waals surface area contributed by atoms with Gasteiger partial charge in [0.05, 0.1) is 6.54 Å². The molecular weight excluding hydrogens is 321 g/mol. The molecule has 1 aromatic rings. The molecule has 0 bridgehead atoms. The molecule has 0 saturated heterocycles. The highest BCUT2D eigenvalue weighted by molar-refractivity contribution is 14.0. The van der Waals surface area contributed by atoms with Gasteiger partial charge in [-0.2, -0.15) is 4.98 Å². The van der Waals surface area contributed by atoms with Crippen molar-refractivity contribution in [1.82, 2.24) is 20.8 Å². The van der Waals surface area contributed by atoms with E-state index in [1.165, 1.54) is 0 Å². The Balaban J connectivity index is 0.00000225. The second-order valence-electron chi connectivity index (χ2n) is 3.46. The number of aliphatic imine (C=N–C) groups is 1. The van der Waals surface area contributed by atoms with Crippen LogP contribution in [-0.4, -0.2) is 29.2 Å². The largest absolute Gasteiger partial charge is 0.354 e. The second-order valence-corrected chi connectivity index (χ2v) is 3.46. The van der Waals surface area contributed by atoms with E-state index in [9.17, 15) is 0 Å². The molecule has 0 saturated carbocycles. The van der Waals surface area contributed by atoms with Gasteiger partial charge in [0.1, 0.15) is 0 Å². The fourth-order valence-electron chi connectivity index (χ4n) is 1.04. The summed E-state index contributed by atoms with van der Waals surface area (Å²) < 4.78 is 4.96. The molecule has 92 valence electrons. The molecule has 0 aromatic carbocycles. The average molecular weight is 339 g/mol. The molecule has 0 amide bonds. The number of hydrogen-bond donors (Lipinski definition) is 2. The third-order valence-corrected chi connectivity index (χ3v) is 1.63. The Labute approximate surface area is 112 Å². The highest BCUT2D eigenvalue weighted by atomic mass is 127. The van der Waals surface area contributed by atoms with E-state index in [0.29, 0.717) is 24.3 Å². The predicted octanol–water partition coefficient (Wildman–Crippen LogP) is 1.07. The van der Waals surface area contributed by atoms with Crippen LogP contribution in [0.3, 0.4) is 0 Å². The molecule has 0 aliphatic heterocycles. The van der Waals surface area contributed by atoms with Crippen LogP contribution in [0, 0.1) is 6.92 Å². The molecule has 7 heteroatoms. The van der Waals surface area contributed by atoms with Crippen LogP contribution < -0.4 is 10.6 Å². The zero-order valence-corrected chi connectivity index (χ0v) is 12.3. The van der Waals surface area contributed by atoms with Crippen LogP contribution in [0.4, 0.5) is 0 Å². The van der Waals surface area contributed by atoms with Gasteiger partial charge in [0, 0.05) is 13.1 Å². The van der Waals surface area contributed by atoms with E-state index in [1.807, 2.05) is 13.8 Å². The van der Waals surface area contributed by atoms with E-state index in [4.69, 9.17) is 4.52 Å². The first-order valence-corrected chi connectivity index (χ1v) is 4.88. The van der Waals surface area contributed by atoms with E-state index < -0.39 is 0 Å². The standard InChI is InChI=1S/C9H17N5O.HI/c1-6(2)12-9(10-4)11-5-8-13-7(3)14-15-8;/h6H,5H2,1-4H3,(H2,10,11,12);1H. The molecule has 1 heterocycles. The molecule has 0 fully saturated rings. The van der Waals surface area contributed by atoms with Crippen LogP contribution in [0.25, 0.3) is 0 Å². The van der Waals surface area contributed by atoms with Crippen molar-refractivity contribution in [2.24, 2.45) is 4.99 Å². The minimum atomic E-state index is 0. The van der Waals surface area contributed by atoms with E-state index in [-0.39, 0.29) is 24.0 Å². The van der Waals surface area contributed by atoms with Crippen LogP contribution in [-0.2, 0) is 6.54 Å². The molecular formula is C9H18IN5O. The summed E-state index contributed by atoms with van der Waals surface area (Å²) in [4.78, 5) is 8.13. The number of aryl methyl sites for hydroxylation is 1. The Morgan fingerprint density at radius 1 is 1.50 bits per heavy atom. The minimum Gasteiger partial charge on any atom is -0.354 e. The Kier molecular flexibility index (Phi) is 7.02. The van der Waals surface area contributed by atoms with Crippen molar-refractivity contribution < 1.29 is 4.52 Å². The molecule has 16 heavy (non-hydrogen) atoms. The van der Waals surface area contributed by atoms with Crippen LogP contribution >= 0.6 is 24.0 Å². The Morgan fingerprint density at radius 2 is 2.19 bits per heavy atom. The summed E-state index contributed by atoms with van der Waals surface area (Å²) in [6.45, 7) is 6.36. The van der Waals surface area contributed by atoms with E-state index in [0.717, 1.165) is 5.96 Å². The molecule has 6 nitrogen and oxygen atoms in total. The summed E-state index contributed by atoms with van der Waals surface area (Å²) in [6.07, 6.45) is 0. The lowest BCUT2D eigenvalue weighted by molar-refractivity contribution is 0.371. The molecule has 0 aliphatic carbocycles. The van der Waals surface area contributed by atoms with Gasteiger partial charge in [-0.15, -0.1) is 24.0 Å². The summed E-state index contributed by atoms with van der Waals surface area (Å²) in [7, 11) is 1.72. The van der Waals surface area contributed by atoms with Gasteiger partial charge in [0.25, 0.3) is 0 Å². The van der Waals surface area contributed by atoms with Gasteiger partial charge in [-0.05, 0) is 20.8 Å². The number of nitrogens with one attached hydrogen (secondary N) is 2. The topological polar surface area (TPSA) is 75.3 Å². The molecule has 0 unspecified atom stereocenters. The lowest BCUT2D eigenvalue weighted by atomic mass is 10.4. The number of hydrogen-bond acceptors (Lipinski definition) is 4. The van der Waals surface area contributed by atoms with Crippen molar-refractivity contribution in [3.63, 3.8) is 0 Å². The summed E-state index contributed by atoms with van der Waals surface area (Å²) in [5, 5.41) is 9.92. The quantitative estimate of drug-likeness (QED) is 0.490. The first kappa shape index (κ1) is 15.1. The first-order chi connectivity index (χ1) is 7.11. The van der Waals surface area contributed by atoms with E-state index in [1.54, 1.807) is 14.0 Å². The number of guanidine groups is 1. The average Bonchev–Trinajstić information content (AvgIpc) is 2.58. The monoisotopic (exact) mass is 339 g/mol. The van der Waals surface area contributed by atoms with Crippen molar-refractivity contribution in [2.45, 2.75) is 33.4 Å². The van der Waals surface area contributed by atoms with Gasteiger partial charge in [-0.25, -0.2) is 0 Å². The summed E-state index contributed by atoms with van der Waals surface area (Å²) in [5.74, 6) is 1.92. The number of rotatable bonds is 3. The summed E-state index contributed by atoms with van der Waals surface area (Å²) in [5.41, 5.74) is 0. The van der Waals surface area contributed by atoms with Crippen LogP contribution in [0.5, 0.6) is 0 Å². The Hall–Kier alpha value is -0.860. The normalized spacial score (nSPS) is 11.2. The summed E-state index contributed by atoms with van der Waals surface area (Å²) in [6, 6.07) is 0.334. The second kappa shape index (κ2) is 7.42. The Bertz CT molecular complexity index is 336. The van der Waals surface area contributed by atoms with Crippen molar-refractivity contribution in [1.29, 1.82) is 0 Å². The molecule has 1 rings (SSSR count). The molecule has 0 spiro atoms. The molecule has 0 radical (unpaired) electrons. The van der Waals surface area contributed by atoms with E-state index >= 15 is 0 Å². The van der Waals surface area contributed by atoms with Gasteiger partial charge in [-0.3, -0.25) is 4.99 Å². The van der Waals surface area contributed by atoms with Gasteiger partial charge in [0.2, 0.25) is 5.89 Å². The van der Waals surface area contributed by atoms with Crippen LogP contribution in [0.15, 0.2) is 9.52 Å². The van der Waals surface area contributed by atoms with Crippen molar-refractivity contribution in [3.8, 4) is 0 Å². The SMILES string of the molecule is CN=C(NCc1nc(C)no1)NC(C)C.I. The number of halogens is 1. The van der Waals surface area contributed by atoms with Gasteiger partial charge in [-0.1, -0.05) is 5.16 Å². The zero-order valence-electron chi connectivity index (χ0n) is 9.94. The fourth-order valence-corrected chi connectivity index (χ4v) is 1.04. The highest BCUT2D eigenvalue weighted by Crippen LogP contribution is 1.94. The number of nitrogens with zero attached hydrogens (tertiary/aromatic N) is 3. The summed E-state index contributed by atoms with van der Waals surface area (Å²) >= 11 is 0. The molecule has 2 N–H and O–H groups in total. The fraction of sp³-hybridized carbons (Fsp3) is 0.667. The maximum Gasteiger partial charge on any atom is 0.246 e. The minimum absolute atomic E-state index is 0. The lowest BCUT2D eigenvalue weighted by Crippen LogP contribution is -2.40. The Morgan fingerprint density at radius 3 is 2.62 bits per heavy atom. The van der Waals surface area contributed by atoms with Gasteiger partial charge < -0.3 is 15.2 Å². The molecule has 1 aromatic heterocycles. The zero-order chi connectivity index (χ0) is 11.3. The van der Waals surface area contributed by atoms with Gasteiger partial charge >= 0.3 is 0 Å². The maximum absolute atomic E-state index is 4.96. The van der Waals surface area contributed by atoms with Crippen LogP contribution in [0.2, 0.25) is 0 Å². The van der Waals surface area contributed by atoms with Gasteiger partial charge in [0.15, 0.2) is 11.8 Å². The number of aromatic nitrogens is 2.